The summed E-state index contributed by atoms with van der Waals surface area (Å²) in [7, 11) is 1.57. The van der Waals surface area contributed by atoms with E-state index in [0.717, 1.165) is 0 Å². The average Bonchev–Trinajstić information content (AvgIpc) is 2.37. The Balaban J connectivity index is 0. The second-order valence-electron chi connectivity index (χ2n) is 4.92. The molecule has 2 unspecified atom stereocenters. The van der Waals surface area contributed by atoms with E-state index in [2.05, 4.69) is 10.1 Å². The van der Waals surface area contributed by atoms with Crippen molar-refractivity contribution in [2.45, 2.75) is 39.5 Å². The predicted molar refractivity (Wildman–Crippen MR) is 72.8 cm³/mol. The van der Waals surface area contributed by atoms with Crippen LogP contribution in [0.2, 0.25) is 0 Å². The van der Waals surface area contributed by atoms with Crippen LogP contribution in [0, 0.1) is 5.41 Å². The fourth-order valence-electron chi connectivity index (χ4n) is 0.831. The van der Waals surface area contributed by atoms with Crippen LogP contribution in [-0.2, 0) is 14.3 Å². The normalized spacial score (nSPS) is 13.8. The Kier molecular flexibility index (Phi) is 11.1. The van der Waals surface area contributed by atoms with E-state index in [1.165, 1.54) is 13.8 Å². The fourth-order valence-corrected chi connectivity index (χ4v) is 0.831. The maximum Gasteiger partial charge on any atom is 0.305 e. The lowest BCUT2D eigenvalue weighted by molar-refractivity contribution is -0.138. The number of aliphatic carboxylic acids is 1. The number of ether oxygens (including phenoxy) is 1. The Labute approximate surface area is 118 Å². The lowest BCUT2D eigenvalue weighted by atomic mass is 9.87. The van der Waals surface area contributed by atoms with Gasteiger partial charge in [-0.25, -0.2) is 0 Å². The number of nitrogens with two attached hydrogens (primary N) is 1. The van der Waals surface area contributed by atoms with Gasteiger partial charge in [0, 0.05) is 19.1 Å². The number of carboxylic acid groups (broad SMARTS) is 1. The highest BCUT2D eigenvalue weighted by atomic mass is 16.5. The molecule has 0 aliphatic rings. The van der Waals surface area contributed by atoms with Gasteiger partial charge in [0.25, 0.3) is 0 Å². The van der Waals surface area contributed by atoms with Gasteiger partial charge in [-0.2, -0.15) is 0 Å². The molecule has 0 aliphatic carbocycles. The van der Waals surface area contributed by atoms with Crippen LogP contribution in [0.4, 0.5) is 0 Å². The Morgan fingerprint density at radius 3 is 2.15 bits per heavy atom. The number of hydrogen-bond donors (Lipinski definition) is 5. The third kappa shape index (κ3) is 10.7. The van der Waals surface area contributed by atoms with Crippen LogP contribution in [-0.4, -0.2) is 59.8 Å². The minimum absolute atomic E-state index is 0.0350. The molecule has 0 radical (unpaired) electrons. The minimum atomic E-state index is -1.35. The second kappa shape index (κ2) is 10.6. The summed E-state index contributed by atoms with van der Waals surface area (Å²) in [4.78, 5) is 21.4. The van der Waals surface area contributed by atoms with Gasteiger partial charge >= 0.3 is 5.97 Å². The largest absolute Gasteiger partial charge is 0.481 e. The molecule has 120 valence electrons. The molecule has 0 aromatic heterocycles. The predicted octanol–water partition coefficient (Wildman–Crippen LogP) is -1.11. The highest BCUT2D eigenvalue weighted by Gasteiger charge is 2.32. The van der Waals surface area contributed by atoms with E-state index in [1.807, 2.05) is 0 Å². The Bertz CT molecular complexity index is 294. The number of rotatable bonds is 7. The first-order valence-corrected chi connectivity index (χ1v) is 6.15. The Hall–Kier alpha value is -1.22. The van der Waals surface area contributed by atoms with Gasteiger partial charge < -0.3 is 31.1 Å². The number of methoxy groups -OCH3 is 1. The number of carboxylic acids is 1. The van der Waals surface area contributed by atoms with Crippen molar-refractivity contribution in [2.24, 2.45) is 11.1 Å². The van der Waals surface area contributed by atoms with Crippen molar-refractivity contribution < 1.29 is 29.6 Å². The molecule has 0 heterocycles. The molecule has 8 heteroatoms. The van der Waals surface area contributed by atoms with Gasteiger partial charge in [0.05, 0.1) is 13.0 Å². The van der Waals surface area contributed by atoms with Gasteiger partial charge in [0.1, 0.15) is 12.3 Å². The molecular formula is C12H26N2O6. The average molecular weight is 294 g/mol. The SMILES string of the molecule is CC(C)(CO)C(O)C(=O)NCCC(=O)O.COC(C)N. The molecule has 0 saturated heterocycles. The molecule has 8 nitrogen and oxygen atoms in total. The summed E-state index contributed by atoms with van der Waals surface area (Å²) in [6.07, 6.45) is -1.66. The maximum absolute atomic E-state index is 11.3. The van der Waals surface area contributed by atoms with E-state index < -0.39 is 23.4 Å². The molecule has 0 rings (SSSR count). The lowest BCUT2D eigenvalue weighted by Gasteiger charge is -2.26. The zero-order chi connectivity index (χ0) is 16.3. The number of aliphatic hydroxyl groups is 2. The summed E-state index contributed by atoms with van der Waals surface area (Å²) in [5, 5.41) is 29.0. The van der Waals surface area contributed by atoms with Gasteiger partial charge in [-0.3, -0.25) is 9.59 Å². The quantitative estimate of drug-likeness (QED) is 0.375. The van der Waals surface area contributed by atoms with Gasteiger partial charge in [-0.1, -0.05) is 13.8 Å². The number of hydrogen-bond acceptors (Lipinski definition) is 6. The van der Waals surface area contributed by atoms with Crippen LogP contribution in [0.15, 0.2) is 0 Å². The van der Waals surface area contributed by atoms with Crippen molar-refractivity contribution >= 4 is 11.9 Å². The second-order valence-corrected chi connectivity index (χ2v) is 4.92. The number of nitrogens with one attached hydrogen (secondary N) is 1. The monoisotopic (exact) mass is 294 g/mol. The van der Waals surface area contributed by atoms with E-state index in [4.69, 9.17) is 15.9 Å². The Morgan fingerprint density at radius 1 is 1.40 bits per heavy atom. The van der Waals surface area contributed by atoms with Crippen LogP contribution in [0.3, 0.4) is 0 Å². The van der Waals surface area contributed by atoms with Crippen molar-refractivity contribution in [3.8, 4) is 0 Å². The summed E-state index contributed by atoms with van der Waals surface area (Å²) >= 11 is 0. The number of carbonyl (C=O) groups is 2. The molecule has 0 aromatic carbocycles. The Morgan fingerprint density at radius 2 is 1.85 bits per heavy atom. The first-order valence-electron chi connectivity index (χ1n) is 6.15. The summed E-state index contributed by atoms with van der Waals surface area (Å²) in [5.74, 6) is -1.69. The smallest absolute Gasteiger partial charge is 0.305 e. The summed E-state index contributed by atoms with van der Waals surface area (Å²) in [5.41, 5.74) is 4.13. The van der Waals surface area contributed by atoms with Gasteiger partial charge in [0.15, 0.2) is 0 Å². The molecule has 0 aliphatic heterocycles. The van der Waals surface area contributed by atoms with Crippen molar-refractivity contribution in [1.29, 1.82) is 0 Å². The molecule has 0 fully saturated rings. The van der Waals surface area contributed by atoms with Crippen molar-refractivity contribution in [3.63, 3.8) is 0 Å². The molecule has 2 atom stereocenters. The highest BCUT2D eigenvalue weighted by Crippen LogP contribution is 2.19. The number of amides is 1. The third-order valence-corrected chi connectivity index (χ3v) is 2.41. The molecule has 6 N–H and O–H groups in total. The van der Waals surface area contributed by atoms with Crippen LogP contribution in [0.1, 0.15) is 27.2 Å². The van der Waals surface area contributed by atoms with E-state index in [0.29, 0.717) is 0 Å². The molecule has 0 saturated carbocycles. The van der Waals surface area contributed by atoms with Gasteiger partial charge in [-0.05, 0) is 6.92 Å². The molecule has 0 bridgehead atoms. The zero-order valence-electron chi connectivity index (χ0n) is 12.4. The fraction of sp³-hybridized carbons (Fsp3) is 0.833. The summed E-state index contributed by atoms with van der Waals surface area (Å²) in [6.45, 7) is 4.48. The zero-order valence-corrected chi connectivity index (χ0v) is 12.4. The standard InChI is InChI=1S/C9H17NO5.C3H9NO/c1-9(2,5-11)7(14)8(15)10-4-3-6(12)13;1-3(4)5-2/h7,11,14H,3-5H2,1-2H3,(H,10,15)(H,12,13);3H,4H2,1-2H3. The minimum Gasteiger partial charge on any atom is -0.481 e. The molecule has 0 aromatic rings. The van der Waals surface area contributed by atoms with E-state index in [1.54, 1.807) is 14.0 Å². The first-order chi connectivity index (χ1) is 9.08. The topological polar surface area (TPSA) is 142 Å². The highest BCUT2D eigenvalue weighted by molar-refractivity contribution is 5.81. The van der Waals surface area contributed by atoms with Crippen molar-refractivity contribution in [3.05, 3.63) is 0 Å². The van der Waals surface area contributed by atoms with E-state index in [9.17, 15) is 14.7 Å². The van der Waals surface area contributed by atoms with Gasteiger partial charge in [-0.15, -0.1) is 0 Å². The summed E-state index contributed by atoms with van der Waals surface area (Å²) in [6, 6.07) is 0. The van der Waals surface area contributed by atoms with Crippen LogP contribution in [0.5, 0.6) is 0 Å². The van der Waals surface area contributed by atoms with Crippen LogP contribution >= 0.6 is 0 Å². The molecule has 1 amide bonds. The molecule has 20 heavy (non-hydrogen) atoms. The van der Waals surface area contributed by atoms with E-state index >= 15 is 0 Å². The molecule has 0 spiro atoms. The number of aliphatic hydroxyl groups excluding tert-OH is 2. The summed E-state index contributed by atoms with van der Waals surface area (Å²) < 4.78 is 4.53. The molecular weight excluding hydrogens is 268 g/mol. The lowest BCUT2D eigenvalue weighted by Crippen LogP contribution is -2.45. The van der Waals surface area contributed by atoms with Crippen molar-refractivity contribution in [2.75, 3.05) is 20.3 Å². The van der Waals surface area contributed by atoms with Gasteiger partial charge in [0.2, 0.25) is 5.91 Å². The van der Waals surface area contributed by atoms with E-state index in [-0.39, 0.29) is 25.8 Å². The third-order valence-electron chi connectivity index (χ3n) is 2.41. The first kappa shape index (κ1) is 21.1. The van der Waals surface area contributed by atoms with Crippen LogP contribution in [0.25, 0.3) is 0 Å². The van der Waals surface area contributed by atoms with Crippen molar-refractivity contribution in [1.82, 2.24) is 5.32 Å². The van der Waals surface area contributed by atoms with Crippen LogP contribution < -0.4 is 11.1 Å². The number of carbonyl (C=O) groups excluding carboxylic acids is 1. The maximum atomic E-state index is 11.3.